The van der Waals surface area contributed by atoms with E-state index in [9.17, 15) is 12.8 Å². The van der Waals surface area contributed by atoms with Gasteiger partial charge in [0.1, 0.15) is 11.6 Å². The fourth-order valence-corrected chi connectivity index (χ4v) is 2.60. The molecule has 0 bridgehead atoms. The van der Waals surface area contributed by atoms with Gasteiger partial charge in [0.25, 0.3) is 10.0 Å². The van der Waals surface area contributed by atoms with Gasteiger partial charge in [-0.15, -0.1) is 0 Å². The minimum atomic E-state index is -3.81. The van der Waals surface area contributed by atoms with Crippen molar-refractivity contribution < 1.29 is 12.8 Å². The molecule has 0 amide bonds. The fraction of sp³-hybridized carbons (Fsp3) is 0.154. The molecule has 6 heteroatoms. The Labute approximate surface area is 111 Å². The van der Waals surface area contributed by atoms with Gasteiger partial charge in [-0.2, -0.15) is 0 Å². The van der Waals surface area contributed by atoms with Gasteiger partial charge in [0.2, 0.25) is 0 Å². The summed E-state index contributed by atoms with van der Waals surface area (Å²) < 4.78 is 39.4. The molecular formula is C13H13FN2O2S. The summed E-state index contributed by atoms with van der Waals surface area (Å²) in [5.41, 5.74) is 0.777. The number of rotatable bonds is 4. The first kappa shape index (κ1) is 13.5. The first-order valence-electron chi connectivity index (χ1n) is 5.75. The van der Waals surface area contributed by atoms with Crippen LogP contribution in [0, 0.1) is 5.82 Å². The molecule has 1 aromatic carbocycles. The molecule has 0 radical (unpaired) electrons. The Morgan fingerprint density at radius 1 is 1.21 bits per heavy atom. The minimum absolute atomic E-state index is 0.129. The number of pyridine rings is 1. The van der Waals surface area contributed by atoms with E-state index >= 15 is 0 Å². The summed E-state index contributed by atoms with van der Waals surface area (Å²) in [6, 6.07) is 9.90. The van der Waals surface area contributed by atoms with Crippen LogP contribution >= 0.6 is 0 Å². The monoisotopic (exact) mass is 280 g/mol. The normalized spacial score (nSPS) is 11.3. The zero-order chi connectivity index (χ0) is 13.9. The molecule has 100 valence electrons. The lowest BCUT2D eigenvalue weighted by Crippen LogP contribution is -2.14. The van der Waals surface area contributed by atoms with Crippen molar-refractivity contribution in [1.29, 1.82) is 0 Å². The molecule has 0 aliphatic carbocycles. The number of nitrogens with zero attached hydrogens (tertiary/aromatic N) is 1. The molecule has 2 rings (SSSR count). The highest BCUT2D eigenvalue weighted by Gasteiger charge is 2.15. The Balaban J connectivity index is 2.31. The van der Waals surface area contributed by atoms with E-state index in [-0.39, 0.29) is 10.7 Å². The summed E-state index contributed by atoms with van der Waals surface area (Å²) in [6.45, 7) is 1.92. The Morgan fingerprint density at radius 3 is 2.63 bits per heavy atom. The van der Waals surface area contributed by atoms with Crippen molar-refractivity contribution >= 4 is 15.8 Å². The van der Waals surface area contributed by atoms with E-state index in [4.69, 9.17) is 0 Å². The molecule has 0 atom stereocenters. The summed E-state index contributed by atoms with van der Waals surface area (Å²) in [6.07, 6.45) is 0.704. The molecule has 4 nitrogen and oxygen atoms in total. The second-order valence-electron chi connectivity index (χ2n) is 3.93. The van der Waals surface area contributed by atoms with Crippen LogP contribution in [0.5, 0.6) is 0 Å². The van der Waals surface area contributed by atoms with E-state index in [1.165, 1.54) is 18.2 Å². The number of anilines is 1. The third-order valence-electron chi connectivity index (χ3n) is 2.51. The Bertz CT molecular complexity index is 687. The highest BCUT2D eigenvalue weighted by atomic mass is 32.2. The molecule has 1 heterocycles. The van der Waals surface area contributed by atoms with Crippen LogP contribution in [0.3, 0.4) is 0 Å². The molecular weight excluding hydrogens is 267 g/mol. The average Bonchev–Trinajstić information content (AvgIpc) is 2.38. The van der Waals surface area contributed by atoms with E-state index in [2.05, 4.69) is 9.71 Å². The number of halogens is 1. The average molecular weight is 280 g/mol. The first-order chi connectivity index (χ1) is 9.01. The van der Waals surface area contributed by atoms with Gasteiger partial charge < -0.3 is 0 Å². The van der Waals surface area contributed by atoms with Gasteiger partial charge in [-0.05, 0) is 36.8 Å². The highest BCUT2D eigenvalue weighted by molar-refractivity contribution is 7.92. The molecule has 0 fully saturated rings. The van der Waals surface area contributed by atoms with Gasteiger partial charge in [-0.1, -0.05) is 19.1 Å². The van der Waals surface area contributed by atoms with Gasteiger partial charge >= 0.3 is 0 Å². The molecule has 0 saturated heterocycles. The maximum atomic E-state index is 13.0. The van der Waals surface area contributed by atoms with Crippen LogP contribution in [0.4, 0.5) is 10.2 Å². The molecule has 1 N–H and O–H groups in total. The van der Waals surface area contributed by atoms with Gasteiger partial charge in [0.05, 0.1) is 4.90 Å². The number of aromatic nitrogens is 1. The van der Waals surface area contributed by atoms with E-state index in [0.717, 1.165) is 11.8 Å². The van der Waals surface area contributed by atoms with Crippen LogP contribution in [0.15, 0.2) is 47.4 Å². The number of nitrogens with one attached hydrogen (secondary N) is 1. The number of hydrogen-bond acceptors (Lipinski definition) is 3. The zero-order valence-electron chi connectivity index (χ0n) is 10.3. The lowest BCUT2D eigenvalue weighted by atomic mass is 10.3. The fourth-order valence-electron chi connectivity index (χ4n) is 1.56. The van der Waals surface area contributed by atoms with Crippen molar-refractivity contribution in [3.8, 4) is 0 Å². The third-order valence-corrected chi connectivity index (χ3v) is 3.87. The minimum Gasteiger partial charge on any atom is -0.263 e. The summed E-state index contributed by atoms with van der Waals surface area (Å²) in [4.78, 5) is 4.01. The Kier molecular flexibility index (Phi) is 3.80. The summed E-state index contributed by atoms with van der Waals surface area (Å²) in [5, 5.41) is 0. The van der Waals surface area contributed by atoms with Crippen LogP contribution in [0.2, 0.25) is 0 Å². The standard InChI is InChI=1S/C13H13FN2O2S/c1-2-11-6-4-8-13(15-11)16-19(17,18)12-7-3-5-10(14)9-12/h3-9H,2H2,1H3,(H,15,16). The van der Waals surface area contributed by atoms with Crippen molar-refractivity contribution in [1.82, 2.24) is 4.98 Å². The SMILES string of the molecule is CCc1cccc(NS(=O)(=O)c2cccc(F)c2)n1. The largest absolute Gasteiger partial charge is 0.263 e. The molecule has 0 saturated carbocycles. The highest BCUT2D eigenvalue weighted by Crippen LogP contribution is 2.15. The van der Waals surface area contributed by atoms with Gasteiger partial charge in [-0.3, -0.25) is 4.72 Å². The molecule has 1 aromatic heterocycles. The summed E-state index contributed by atoms with van der Waals surface area (Å²) in [5.74, 6) is -0.373. The van der Waals surface area contributed by atoms with Crippen LogP contribution in [-0.2, 0) is 16.4 Å². The van der Waals surface area contributed by atoms with Gasteiger partial charge in [0, 0.05) is 5.69 Å². The molecule has 19 heavy (non-hydrogen) atoms. The van der Waals surface area contributed by atoms with E-state index in [1.807, 2.05) is 6.92 Å². The van der Waals surface area contributed by atoms with Crippen LogP contribution in [0.25, 0.3) is 0 Å². The van der Waals surface area contributed by atoms with Crippen LogP contribution in [0.1, 0.15) is 12.6 Å². The van der Waals surface area contributed by atoms with Crippen molar-refractivity contribution in [2.75, 3.05) is 4.72 Å². The van der Waals surface area contributed by atoms with E-state index in [0.29, 0.717) is 6.42 Å². The second-order valence-corrected chi connectivity index (χ2v) is 5.61. The predicted molar refractivity (Wildman–Crippen MR) is 70.8 cm³/mol. The third kappa shape index (κ3) is 3.29. The number of benzene rings is 1. The number of sulfonamides is 1. The maximum Gasteiger partial charge on any atom is 0.263 e. The van der Waals surface area contributed by atoms with Gasteiger partial charge in [0.15, 0.2) is 0 Å². The van der Waals surface area contributed by atoms with Crippen LogP contribution < -0.4 is 4.72 Å². The number of hydrogen-bond donors (Lipinski definition) is 1. The predicted octanol–water partition coefficient (Wildman–Crippen LogP) is 2.58. The maximum absolute atomic E-state index is 13.0. The summed E-state index contributed by atoms with van der Waals surface area (Å²) >= 11 is 0. The lowest BCUT2D eigenvalue weighted by Gasteiger charge is -2.08. The zero-order valence-corrected chi connectivity index (χ0v) is 11.1. The molecule has 2 aromatic rings. The molecule has 0 unspecified atom stereocenters. The van der Waals surface area contributed by atoms with Crippen molar-refractivity contribution in [3.05, 3.63) is 54.0 Å². The van der Waals surface area contributed by atoms with E-state index < -0.39 is 15.8 Å². The Morgan fingerprint density at radius 2 is 1.95 bits per heavy atom. The lowest BCUT2D eigenvalue weighted by molar-refractivity contribution is 0.595. The topological polar surface area (TPSA) is 59.1 Å². The molecule has 0 aliphatic rings. The van der Waals surface area contributed by atoms with E-state index in [1.54, 1.807) is 18.2 Å². The quantitative estimate of drug-likeness (QED) is 0.936. The smallest absolute Gasteiger partial charge is 0.263 e. The van der Waals surface area contributed by atoms with Gasteiger partial charge in [-0.25, -0.2) is 17.8 Å². The van der Waals surface area contributed by atoms with Crippen LogP contribution in [-0.4, -0.2) is 13.4 Å². The molecule has 0 aliphatic heterocycles. The van der Waals surface area contributed by atoms with Crippen molar-refractivity contribution in [2.45, 2.75) is 18.2 Å². The Hall–Kier alpha value is -1.95. The van der Waals surface area contributed by atoms with Crippen molar-refractivity contribution in [3.63, 3.8) is 0 Å². The first-order valence-corrected chi connectivity index (χ1v) is 7.24. The summed E-state index contributed by atoms with van der Waals surface area (Å²) in [7, 11) is -3.81. The van der Waals surface area contributed by atoms with Crippen molar-refractivity contribution in [2.24, 2.45) is 0 Å². The number of aryl methyl sites for hydroxylation is 1. The second kappa shape index (κ2) is 5.36. The molecule has 0 spiro atoms.